The first-order valence-corrected chi connectivity index (χ1v) is 5.97. The molecular weight excluding hydrogens is 275 g/mol. The van der Waals surface area contributed by atoms with Gasteiger partial charge in [-0.05, 0) is 31.5 Å². The van der Waals surface area contributed by atoms with Crippen molar-refractivity contribution >= 4 is 23.8 Å². The van der Waals surface area contributed by atoms with Gasteiger partial charge in [0.1, 0.15) is 17.6 Å². The third-order valence-electron chi connectivity index (χ3n) is 2.42. The lowest BCUT2D eigenvalue weighted by Crippen LogP contribution is -2.19. The van der Waals surface area contributed by atoms with Gasteiger partial charge in [-0.3, -0.25) is 4.99 Å². The Balaban J connectivity index is 2.92. The van der Waals surface area contributed by atoms with E-state index in [0.717, 1.165) is 18.3 Å². The van der Waals surface area contributed by atoms with Crippen molar-refractivity contribution in [2.24, 2.45) is 10.7 Å². The minimum atomic E-state index is -1.10. The zero-order valence-corrected chi connectivity index (χ0v) is 10.8. The molecule has 1 aromatic rings. The van der Waals surface area contributed by atoms with Crippen LogP contribution in [-0.4, -0.2) is 35.0 Å². The van der Waals surface area contributed by atoms with E-state index in [0.29, 0.717) is 13.0 Å². The predicted octanol–water partition coefficient (Wildman–Crippen LogP) is 1.80. The van der Waals surface area contributed by atoms with Crippen LogP contribution in [0.5, 0.6) is 5.75 Å². The molecule has 0 bridgehead atoms. The second-order valence-electron chi connectivity index (χ2n) is 3.89. The maximum Gasteiger partial charge on any atom is 0.328 e. The molecule has 5 nitrogen and oxygen atoms in total. The summed E-state index contributed by atoms with van der Waals surface area (Å²) in [7, 11) is 0. The number of carboxylic acids is 1. The highest BCUT2D eigenvalue weighted by Crippen LogP contribution is 2.27. The molecule has 0 aliphatic carbocycles. The third kappa shape index (κ3) is 4.50. The minimum absolute atomic E-state index is 0.0315. The number of phenolic OH excluding ortho intramolecular Hbond substituents is 1. The van der Waals surface area contributed by atoms with Crippen molar-refractivity contribution in [3.05, 3.63) is 28.5 Å². The molecule has 104 valence electrons. The lowest BCUT2D eigenvalue weighted by Gasteiger charge is -2.07. The van der Waals surface area contributed by atoms with E-state index in [1.54, 1.807) is 0 Å². The maximum atomic E-state index is 13.1. The molecule has 0 amide bonds. The second-order valence-corrected chi connectivity index (χ2v) is 4.30. The molecule has 0 radical (unpaired) electrons. The van der Waals surface area contributed by atoms with E-state index in [1.807, 2.05) is 0 Å². The molecule has 0 aromatic heterocycles. The Morgan fingerprint density at radius 2 is 2.26 bits per heavy atom. The van der Waals surface area contributed by atoms with Gasteiger partial charge in [0.05, 0.1) is 5.02 Å². The molecule has 1 rings (SSSR count). The number of aliphatic imine (C=N–C) groups is 1. The number of nitrogens with zero attached hydrogens (tertiary/aromatic N) is 1. The summed E-state index contributed by atoms with van der Waals surface area (Å²) in [6.45, 7) is 0.357. The number of nitrogens with two attached hydrogens (primary N) is 1. The number of carboxylic acid groups (broad SMARTS) is 1. The number of aromatic hydroxyl groups is 1. The fourth-order valence-electron chi connectivity index (χ4n) is 1.43. The van der Waals surface area contributed by atoms with Crippen LogP contribution in [0.25, 0.3) is 0 Å². The number of halogens is 2. The molecule has 4 N–H and O–H groups in total. The highest BCUT2D eigenvalue weighted by atomic mass is 35.5. The van der Waals surface area contributed by atoms with E-state index in [2.05, 4.69) is 4.99 Å². The zero-order chi connectivity index (χ0) is 14.4. The fourth-order valence-corrected chi connectivity index (χ4v) is 1.64. The summed E-state index contributed by atoms with van der Waals surface area (Å²) in [5.74, 6) is -2.08. The van der Waals surface area contributed by atoms with Crippen molar-refractivity contribution in [3.63, 3.8) is 0 Å². The Kier molecular flexibility index (Phi) is 5.72. The second kappa shape index (κ2) is 7.06. The summed E-state index contributed by atoms with van der Waals surface area (Å²) in [6.07, 6.45) is 1.87. The normalized spacial score (nSPS) is 12.8. The van der Waals surface area contributed by atoms with Crippen LogP contribution < -0.4 is 5.73 Å². The number of hydrogen-bond donors (Lipinski definition) is 3. The van der Waals surface area contributed by atoms with Crippen LogP contribution in [0.2, 0.25) is 5.02 Å². The van der Waals surface area contributed by atoms with Crippen molar-refractivity contribution in [2.45, 2.75) is 18.9 Å². The van der Waals surface area contributed by atoms with E-state index >= 15 is 0 Å². The molecule has 0 heterocycles. The van der Waals surface area contributed by atoms with Crippen LogP contribution in [0, 0.1) is 5.82 Å². The van der Waals surface area contributed by atoms with Gasteiger partial charge in [0.15, 0.2) is 0 Å². The third-order valence-corrected chi connectivity index (χ3v) is 2.71. The first-order valence-electron chi connectivity index (χ1n) is 5.59. The SMILES string of the molecule is NCCCC(N=Cc1cc(F)cc(Cl)c1O)C(=O)O. The molecule has 0 aliphatic heterocycles. The summed E-state index contributed by atoms with van der Waals surface area (Å²) in [5, 5.41) is 18.4. The summed E-state index contributed by atoms with van der Waals surface area (Å²) in [5.41, 5.74) is 5.33. The Hall–Kier alpha value is -1.66. The maximum absolute atomic E-state index is 13.1. The van der Waals surface area contributed by atoms with E-state index < -0.39 is 17.8 Å². The molecule has 1 aromatic carbocycles. The quantitative estimate of drug-likeness (QED) is 0.695. The van der Waals surface area contributed by atoms with Crippen molar-refractivity contribution in [3.8, 4) is 5.75 Å². The largest absolute Gasteiger partial charge is 0.506 e. The smallest absolute Gasteiger partial charge is 0.328 e. The zero-order valence-electron chi connectivity index (χ0n) is 10.0. The van der Waals surface area contributed by atoms with E-state index in [4.69, 9.17) is 22.4 Å². The first-order chi connectivity index (χ1) is 8.95. The van der Waals surface area contributed by atoms with Crippen LogP contribution in [0.3, 0.4) is 0 Å². The van der Waals surface area contributed by atoms with Crippen LogP contribution >= 0.6 is 11.6 Å². The Morgan fingerprint density at radius 3 is 2.84 bits per heavy atom. The fraction of sp³-hybridized carbons (Fsp3) is 0.333. The summed E-state index contributed by atoms with van der Waals surface area (Å²) in [6, 6.07) is 0.995. The van der Waals surface area contributed by atoms with Gasteiger partial charge in [0.25, 0.3) is 0 Å². The number of benzene rings is 1. The number of rotatable bonds is 6. The van der Waals surface area contributed by atoms with E-state index in [1.165, 1.54) is 0 Å². The van der Waals surface area contributed by atoms with E-state index in [-0.39, 0.29) is 22.8 Å². The van der Waals surface area contributed by atoms with Crippen molar-refractivity contribution in [2.75, 3.05) is 6.54 Å². The molecule has 0 saturated heterocycles. The first kappa shape index (κ1) is 15.4. The number of hydrogen-bond acceptors (Lipinski definition) is 4. The average Bonchev–Trinajstić information content (AvgIpc) is 2.34. The number of phenols is 1. The standard InChI is InChI=1S/C12H14ClFN2O3/c13-9-5-8(14)4-7(11(9)17)6-16-10(12(18)19)2-1-3-15/h4-6,10,17H,1-3,15H2,(H,18,19). The topological polar surface area (TPSA) is 95.9 Å². The monoisotopic (exact) mass is 288 g/mol. The summed E-state index contributed by atoms with van der Waals surface area (Å²) >= 11 is 5.60. The molecule has 1 unspecified atom stereocenters. The molecule has 0 spiro atoms. The van der Waals surface area contributed by atoms with E-state index in [9.17, 15) is 14.3 Å². The van der Waals surface area contributed by atoms with Crippen LogP contribution in [0.1, 0.15) is 18.4 Å². The minimum Gasteiger partial charge on any atom is -0.506 e. The average molecular weight is 289 g/mol. The highest BCUT2D eigenvalue weighted by Gasteiger charge is 2.15. The van der Waals surface area contributed by atoms with Gasteiger partial charge in [-0.2, -0.15) is 0 Å². The summed E-state index contributed by atoms with van der Waals surface area (Å²) in [4.78, 5) is 14.7. The lowest BCUT2D eigenvalue weighted by atomic mass is 10.1. The van der Waals surface area contributed by atoms with Gasteiger partial charge in [-0.25, -0.2) is 9.18 Å². The molecule has 0 fully saturated rings. The summed E-state index contributed by atoms with van der Waals surface area (Å²) < 4.78 is 13.1. The van der Waals surface area contributed by atoms with Gasteiger partial charge in [-0.15, -0.1) is 0 Å². The van der Waals surface area contributed by atoms with Crippen LogP contribution in [-0.2, 0) is 4.79 Å². The van der Waals surface area contributed by atoms with Gasteiger partial charge < -0.3 is 15.9 Å². The number of carbonyl (C=O) groups is 1. The predicted molar refractivity (Wildman–Crippen MR) is 70.4 cm³/mol. The molecule has 1 atom stereocenters. The Bertz CT molecular complexity index is 494. The van der Waals surface area contributed by atoms with Crippen molar-refractivity contribution < 1.29 is 19.4 Å². The number of aliphatic carboxylic acids is 1. The van der Waals surface area contributed by atoms with Gasteiger partial charge in [-0.1, -0.05) is 11.6 Å². The molecule has 0 aliphatic rings. The Morgan fingerprint density at radius 1 is 1.58 bits per heavy atom. The molecule has 0 saturated carbocycles. The van der Waals surface area contributed by atoms with Crippen molar-refractivity contribution in [1.82, 2.24) is 0 Å². The molecular formula is C12H14ClFN2O3. The lowest BCUT2D eigenvalue weighted by molar-refractivity contribution is -0.138. The van der Waals surface area contributed by atoms with Gasteiger partial charge >= 0.3 is 5.97 Å². The van der Waals surface area contributed by atoms with Crippen LogP contribution in [0.15, 0.2) is 17.1 Å². The van der Waals surface area contributed by atoms with Crippen molar-refractivity contribution in [1.29, 1.82) is 0 Å². The molecule has 7 heteroatoms. The van der Waals surface area contributed by atoms with Gasteiger partial charge in [0, 0.05) is 11.8 Å². The Labute approximate surface area is 114 Å². The van der Waals surface area contributed by atoms with Crippen LogP contribution in [0.4, 0.5) is 4.39 Å². The van der Waals surface area contributed by atoms with Gasteiger partial charge in [0.2, 0.25) is 0 Å². The molecule has 19 heavy (non-hydrogen) atoms. The highest BCUT2D eigenvalue weighted by molar-refractivity contribution is 6.32.